The monoisotopic (exact) mass is 374 g/mol. The molecular weight excluding hydrogens is 348 g/mol. The molecule has 2 aromatic rings. The van der Waals surface area contributed by atoms with Gasteiger partial charge >= 0.3 is 0 Å². The van der Waals surface area contributed by atoms with Crippen LogP contribution in [0.25, 0.3) is 5.57 Å². The molecule has 4 rings (SSSR count). The van der Waals surface area contributed by atoms with Crippen LogP contribution >= 0.6 is 0 Å². The second-order valence-electron chi connectivity index (χ2n) is 7.62. The summed E-state index contributed by atoms with van der Waals surface area (Å²) in [7, 11) is 1.75. The highest BCUT2D eigenvalue weighted by Gasteiger charge is 2.27. The average Bonchev–Trinajstić information content (AvgIpc) is 3.03. The van der Waals surface area contributed by atoms with Gasteiger partial charge < -0.3 is 16.0 Å². The smallest absolute Gasteiger partial charge is 0.224 e. The van der Waals surface area contributed by atoms with Crippen LogP contribution in [-0.2, 0) is 17.6 Å². The molecular formula is C23H26N4O. The average molecular weight is 374 g/mol. The first-order valence-electron chi connectivity index (χ1n) is 9.77. The first-order valence-corrected chi connectivity index (χ1v) is 9.77. The maximum atomic E-state index is 12.1. The maximum absolute atomic E-state index is 12.1. The van der Waals surface area contributed by atoms with Gasteiger partial charge in [0, 0.05) is 55.1 Å². The lowest BCUT2D eigenvalue weighted by Crippen LogP contribution is -2.16. The second-order valence-corrected chi connectivity index (χ2v) is 7.62. The molecule has 0 saturated heterocycles. The summed E-state index contributed by atoms with van der Waals surface area (Å²) in [5.41, 5.74) is 13.7. The van der Waals surface area contributed by atoms with Crippen molar-refractivity contribution in [1.82, 2.24) is 0 Å². The minimum atomic E-state index is 0.105. The van der Waals surface area contributed by atoms with E-state index in [2.05, 4.69) is 46.4 Å². The van der Waals surface area contributed by atoms with Crippen molar-refractivity contribution < 1.29 is 4.79 Å². The van der Waals surface area contributed by atoms with Crippen LogP contribution in [0.2, 0.25) is 0 Å². The Bertz CT molecular complexity index is 977. The number of hydrogen-bond acceptors (Lipinski definition) is 4. The zero-order valence-corrected chi connectivity index (χ0v) is 16.4. The zero-order valence-electron chi connectivity index (χ0n) is 16.4. The van der Waals surface area contributed by atoms with Crippen molar-refractivity contribution in [3.8, 4) is 0 Å². The Morgan fingerprint density at radius 2 is 2.11 bits per heavy atom. The number of fused-ring (bicyclic) bond motifs is 2. The minimum absolute atomic E-state index is 0.105. The molecule has 5 nitrogen and oxygen atoms in total. The minimum Gasteiger partial charge on any atom is -0.404 e. The van der Waals surface area contributed by atoms with Crippen LogP contribution in [0.3, 0.4) is 0 Å². The van der Waals surface area contributed by atoms with Crippen molar-refractivity contribution in [3.63, 3.8) is 0 Å². The number of nitrogens with one attached hydrogen (secondary N) is 1. The molecule has 2 aliphatic rings. The predicted octanol–water partition coefficient (Wildman–Crippen LogP) is 3.90. The Morgan fingerprint density at radius 1 is 1.25 bits per heavy atom. The van der Waals surface area contributed by atoms with Crippen LogP contribution in [0.5, 0.6) is 0 Å². The number of anilines is 3. The predicted molar refractivity (Wildman–Crippen MR) is 116 cm³/mol. The molecule has 0 fully saturated rings. The lowest BCUT2D eigenvalue weighted by molar-refractivity contribution is -0.116. The van der Waals surface area contributed by atoms with E-state index in [0.29, 0.717) is 12.3 Å². The third-order valence-corrected chi connectivity index (χ3v) is 5.56. The van der Waals surface area contributed by atoms with E-state index in [1.807, 2.05) is 12.1 Å². The number of nitrogens with zero attached hydrogens (tertiary/aromatic N) is 2. The number of amides is 1. The van der Waals surface area contributed by atoms with Crippen molar-refractivity contribution >= 4 is 34.8 Å². The molecule has 3 N–H and O–H groups in total. The van der Waals surface area contributed by atoms with Crippen molar-refractivity contribution in [3.05, 3.63) is 59.3 Å². The van der Waals surface area contributed by atoms with Crippen LogP contribution in [0.1, 0.15) is 30.0 Å². The summed E-state index contributed by atoms with van der Waals surface area (Å²) in [6, 6.07) is 12.7. The van der Waals surface area contributed by atoms with E-state index in [9.17, 15) is 4.79 Å². The molecule has 0 radical (unpaired) electrons. The topological polar surface area (TPSA) is 70.7 Å². The van der Waals surface area contributed by atoms with Gasteiger partial charge in [0.15, 0.2) is 0 Å². The van der Waals surface area contributed by atoms with Crippen LogP contribution in [-0.4, -0.2) is 25.7 Å². The van der Waals surface area contributed by atoms with E-state index in [1.165, 1.54) is 22.5 Å². The maximum Gasteiger partial charge on any atom is 0.224 e. The molecule has 2 aliphatic heterocycles. The van der Waals surface area contributed by atoms with Gasteiger partial charge in [-0.1, -0.05) is 19.1 Å². The molecule has 2 heterocycles. The molecule has 2 aromatic carbocycles. The Labute approximate surface area is 166 Å². The van der Waals surface area contributed by atoms with E-state index in [4.69, 9.17) is 5.73 Å². The molecule has 0 aromatic heterocycles. The summed E-state index contributed by atoms with van der Waals surface area (Å²) in [5, 5.41) is 3.08. The lowest BCUT2D eigenvalue weighted by atomic mass is 9.96. The molecule has 144 valence electrons. The molecule has 5 heteroatoms. The fourth-order valence-electron chi connectivity index (χ4n) is 4.28. The molecule has 0 spiro atoms. The highest BCUT2D eigenvalue weighted by atomic mass is 16.1. The van der Waals surface area contributed by atoms with E-state index in [1.54, 1.807) is 19.5 Å². The van der Waals surface area contributed by atoms with Crippen molar-refractivity contribution in [1.29, 1.82) is 0 Å². The van der Waals surface area contributed by atoms with Crippen molar-refractivity contribution in [2.24, 2.45) is 16.6 Å². The number of carbonyl (C=O) groups excluding carboxylic acids is 1. The number of hydrogen-bond donors (Lipinski definition) is 2. The van der Waals surface area contributed by atoms with Gasteiger partial charge in [-0.05, 0) is 59.7 Å². The SMILES string of the molecule is CN=CC(=CN)c1ccc2c(c1)CCN2c1cccc2c1C[C@H](C)CC(=O)N2. The van der Waals surface area contributed by atoms with Crippen LogP contribution < -0.4 is 16.0 Å². The molecule has 0 unspecified atom stereocenters. The lowest BCUT2D eigenvalue weighted by Gasteiger charge is -2.25. The quantitative estimate of drug-likeness (QED) is 0.801. The summed E-state index contributed by atoms with van der Waals surface area (Å²) in [6.07, 6.45) is 5.84. The number of benzene rings is 2. The largest absolute Gasteiger partial charge is 0.404 e. The molecule has 0 saturated carbocycles. The highest BCUT2D eigenvalue weighted by Crippen LogP contribution is 2.41. The van der Waals surface area contributed by atoms with E-state index in [-0.39, 0.29) is 5.91 Å². The first-order chi connectivity index (χ1) is 13.6. The van der Waals surface area contributed by atoms with E-state index < -0.39 is 0 Å². The van der Waals surface area contributed by atoms with Gasteiger partial charge in [0.1, 0.15) is 0 Å². The van der Waals surface area contributed by atoms with Gasteiger partial charge in [-0.2, -0.15) is 0 Å². The van der Waals surface area contributed by atoms with Gasteiger partial charge in [-0.3, -0.25) is 9.79 Å². The summed E-state index contributed by atoms with van der Waals surface area (Å²) in [6.45, 7) is 3.08. The second kappa shape index (κ2) is 7.50. The molecule has 1 amide bonds. The van der Waals surface area contributed by atoms with Crippen LogP contribution in [0.4, 0.5) is 17.1 Å². The van der Waals surface area contributed by atoms with Gasteiger partial charge in [0.25, 0.3) is 0 Å². The van der Waals surface area contributed by atoms with Gasteiger partial charge in [0.2, 0.25) is 5.91 Å². The fourth-order valence-corrected chi connectivity index (χ4v) is 4.28. The number of carbonyl (C=O) groups is 1. The first kappa shape index (κ1) is 18.3. The molecule has 0 bridgehead atoms. The molecule has 0 aliphatic carbocycles. The Morgan fingerprint density at radius 3 is 2.89 bits per heavy atom. The van der Waals surface area contributed by atoms with Gasteiger partial charge in [0.05, 0.1) is 0 Å². The normalized spacial score (nSPS) is 19.4. The standard InChI is InChI=1S/C23H26N4O/c1-15-10-19-20(26-23(28)11-15)4-3-5-22(19)27-9-8-17-12-16(6-7-21(17)27)18(13-24)14-25-2/h3-7,12-15H,8-11,24H2,1-2H3,(H,26,28)/t15-/m0/s1. The van der Waals surface area contributed by atoms with Gasteiger partial charge in [-0.25, -0.2) is 0 Å². The summed E-state index contributed by atoms with van der Waals surface area (Å²) >= 11 is 0. The number of aliphatic imine (C=N–C) groups is 1. The summed E-state index contributed by atoms with van der Waals surface area (Å²) in [5.74, 6) is 0.436. The van der Waals surface area contributed by atoms with Crippen molar-refractivity contribution in [2.45, 2.75) is 26.2 Å². The third-order valence-electron chi connectivity index (χ3n) is 5.56. The Balaban J connectivity index is 1.73. The number of rotatable bonds is 3. The summed E-state index contributed by atoms with van der Waals surface area (Å²) < 4.78 is 0. The van der Waals surface area contributed by atoms with Crippen LogP contribution in [0, 0.1) is 5.92 Å². The number of nitrogens with two attached hydrogens (primary N) is 1. The number of allylic oxidation sites excluding steroid dienone is 1. The Hall–Kier alpha value is -3.08. The zero-order chi connectivity index (χ0) is 19.7. The fraction of sp³-hybridized carbons (Fsp3) is 0.304. The van der Waals surface area contributed by atoms with Crippen molar-refractivity contribution in [2.75, 3.05) is 23.8 Å². The van der Waals surface area contributed by atoms with Crippen LogP contribution in [0.15, 0.2) is 47.6 Å². The van der Waals surface area contributed by atoms with E-state index in [0.717, 1.165) is 36.2 Å². The Kier molecular flexibility index (Phi) is 4.90. The summed E-state index contributed by atoms with van der Waals surface area (Å²) in [4.78, 5) is 18.6. The molecule has 28 heavy (non-hydrogen) atoms. The third kappa shape index (κ3) is 3.28. The van der Waals surface area contributed by atoms with Gasteiger partial charge in [-0.15, -0.1) is 0 Å². The highest BCUT2D eigenvalue weighted by molar-refractivity contribution is 6.09. The molecule has 1 atom stereocenters. The van der Waals surface area contributed by atoms with E-state index >= 15 is 0 Å².